The van der Waals surface area contributed by atoms with E-state index in [1.165, 1.54) is 5.56 Å². The Kier molecular flexibility index (Phi) is 3.00. The van der Waals surface area contributed by atoms with Crippen LogP contribution in [0.3, 0.4) is 0 Å². The van der Waals surface area contributed by atoms with Crippen LogP contribution in [0.4, 0.5) is 14.5 Å². The van der Waals surface area contributed by atoms with E-state index >= 15 is 0 Å². The minimum absolute atomic E-state index is 0.211. The second-order valence-electron chi connectivity index (χ2n) is 5.51. The molecule has 1 saturated carbocycles. The first kappa shape index (κ1) is 13.7. The molecule has 1 aliphatic rings. The zero-order valence-corrected chi connectivity index (χ0v) is 11.3. The summed E-state index contributed by atoms with van der Waals surface area (Å²) in [6.07, 6.45) is 0.316. The number of nitro groups is 1. The van der Waals surface area contributed by atoms with E-state index in [0.29, 0.717) is 5.69 Å². The van der Waals surface area contributed by atoms with Crippen LogP contribution in [0, 0.1) is 10.1 Å². The fourth-order valence-corrected chi connectivity index (χ4v) is 2.30. The van der Waals surface area contributed by atoms with Gasteiger partial charge in [-0.2, -0.15) is 5.10 Å². The Morgan fingerprint density at radius 2 is 1.95 bits per heavy atom. The molecule has 1 aromatic heterocycles. The average molecular weight is 293 g/mol. The van der Waals surface area contributed by atoms with Crippen LogP contribution in [0.5, 0.6) is 0 Å². The van der Waals surface area contributed by atoms with Gasteiger partial charge in [-0.05, 0) is 36.0 Å². The Labute approximate surface area is 119 Å². The molecule has 1 heterocycles. The Morgan fingerprint density at radius 3 is 2.38 bits per heavy atom. The van der Waals surface area contributed by atoms with Crippen molar-refractivity contribution >= 4 is 5.69 Å². The molecular weight excluding hydrogens is 280 g/mol. The lowest BCUT2D eigenvalue weighted by molar-refractivity contribution is -0.386. The molecular formula is C14H13F2N3O2. The van der Waals surface area contributed by atoms with Crippen LogP contribution < -0.4 is 0 Å². The summed E-state index contributed by atoms with van der Waals surface area (Å²) < 4.78 is 26.7. The van der Waals surface area contributed by atoms with Crippen molar-refractivity contribution in [1.29, 1.82) is 0 Å². The van der Waals surface area contributed by atoms with Gasteiger partial charge < -0.3 is 0 Å². The molecule has 2 aromatic rings. The highest BCUT2D eigenvalue weighted by Crippen LogP contribution is 2.47. The lowest BCUT2D eigenvalue weighted by atomic mass is 9.98. The second kappa shape index (κ2) is 4.61. The van der Waals surface area contributed by atoms with Crippen molar-refractivity contribution in [2.24, 2.45) is 0 Å². The molecule has 0 saturated heterocycles. The molecule has 0 unspecified atom stereocenters. The van der Waals surface area contributed by atoms with E-state index in [1.807, 2.05) is 12.1 Å². The topological polar surface area (TPSA) is 61.0 Å². The van der Waals surface area contributed by atoms with E-state index < -0.39 is 22.7 Å². The summed E-state index contributed by atoms with van der Waals surface area (Å²) >= 11 is 0. The van der Waals surface area contributed by atoms with Crippen LogP contribution in [0.25, 0.3) is 5.69 Å². The molecule has 1 aliphatic carbocycles. The predicted octanol–water partition coefficient (Wildman–Crippen LogP) is 3.77. The third-order valence-corrected chi connectivity index (χ3v) is 3.95. The zero-order valence-electron chi connectivity index (χ0n) is 11.3. The van der Waals surface area contributed by atoms with Gasteiger partial charge in [0.1, 0.15) is 6.20 Å². The highest BCUT2D eigenvalue weighted by Gasteiger charge is 2.38. The molecule has 7 heteroatoms. The third-order valence-electron chi connectivity index (χ3n) is 3.95. The number of rotatable bonds is 4. The average Bonchev–Trinajstić information content (AvgIpc) is 3.04. The number of aromatic nitrogens is 2. The standard InChI is InChI=1S/C14H13F2N3O2/c1-14(6-7-14)9-2-4-10(5-3-9)18-8-11(19(20)21)12(17-18)13(15)16/h2-5,8,13H,6-7H2,1H3. The van der Waals surface area contributed by atoms with E-state index in [0.717, 1.165) is 23.7 Å². The maximum absolute atomic E-state index is 12.8. The van der Waals surface area contributed by atoms with Gasteiger partial charge in [0.05, 0.1) is 10.6 Å². The van der Waals surface area contributed by atoms with Crippen molar-refractivity contribution in [3.63, 3.8) is 0 Å². The molecule has 0 spiro atoms. The van der Waals surface area contributed by atoms with Crippen molar-refractivity contribution in [2.45, 2.75) is 31.6 Å². The summed E-state index contributed by atoms with van der Waals surface area (Å²) in [4.78, 5) is 9.94. The first-order valence-corrected chi connectivity index (χ1v) is 6.54. The third kappa shape index (κ3) is 2.39. The Balaban J connectivity index is 1.96. The van der Waals surface area contributed by atoms with Crippen LogP contribution in [0.15, 0.2) is 30.5 Å². The monoisotopic (exact) mass is 293 g/mol. The number of benzene rings is 1. The van der Waals surface area contributed by atoms with Crippen LogP contribution >= 0.6 is 0 Å². The maximum Gasteiger partial charge on any atom is 0.316 e. The van der Waals surface area contributed by atoms with Gasteiger partial charge in [-0.25, -0.2) is 13.5 Å². The van der Waals surface area contributed by atoms with Crippen LogP contribution in [0.2, 0.25) is 0 Å². The van der Waals surface area contributed by atoms with Gasteiger partial charge in [-0.3, -0.25) is 10.1 Å². The van der Waals surface area contributed by atoms with E-state index in [4.69, 9.17) is 0 Å². The molecule has 110 valence electrons. The molecule has 0 radical (unpaired) electrons. The number of nitrogens with zero attached hydrogens (tertiary/aromatic N) is 3. The highest BCUT2D eigenvalue weighted by molar-refractivity contribution is 5.42. The normalized spacial score (nSPS) is 16.2. The SMILES string of the molecule is CC1(c2ccc(-n3cc([N+](=O)[O-])c(C(F)F)n3)cc2)CC1. The van der Waals surface area contributed by atoms with E-state index in [9.17, 15) is 18.9 Å². The van der Waals surface area contributed by atoms with E-state index in [-0.39, 0.29) is 5.41 Å². The molecule has 1 fully saturated rings. The summed E-state index contributed by atoms with van der Waals surface area (Å²) in [6.45, 7) is 2.16. The van der Waals surface area contributed by atoms with Gasteiger partial charge in [-0.15, -0.1) is 0 Å². The summed E-state index contributed by atoms with van der Waals surface area (Å²) in [6, 6.07) is 7.31. The maximum atomic E-state index is 12.8. The van der Waals surface area contributed by atoms with Crippen molar-refractivity contribution in [2.75, 3.05) is 0 Å². The van der Waals surface area contributed by atoms with Gasteiger partial charge in [0.15, 0.2) is 0 Å². The fraction of sp³-hybridized carbons (Fsp3) is 0.357. The summed E-state index contributed by atoms with van der Waals surface area (Å²) in [5.41, 5.74) is 0.449. The van der Waals surface area contributed by atoms with Crippen molar-refractivity contribution in [3.8, 4) is 5.69 Å². The first-order chi connectivity index (χ1) is 9.90. The molecule has 0 aliphatic heterocycles. The Hall–Kier alpha value is -2.31. The molecule has 0 N–H and O–H groups in total. The van der Waals surface area contributed by atoms with Crippen LogP contribution in [-0.4, -0.2) is 14.7 Å². The van der Waals surface area contributed by atoms with Crippen molar-refractivity contribution in [3.05, 3.63) is 51.8 Å². The molecule has 5 nitrogen and oxygen atoms in total. The summed E-state index contributed by atoms with van der Waals surface area (Å²) in [7, 11) is 0. The molecule has 0 bridgehead atoms. The molecule has 0 amide bonds. The predicted molar refractivity (Wildman–Crippen MR) is 71.8 cm³/mol. The van der Waals surface area contributed by atoms with Gasteiger partial charge in [0.25, 0.3) is 6.43 Å². The smallest absolute Gasteiger partial charge is 0.258 e. The van der Waals surface area contributed by atoms with Gasteiger partial charge in [-0.1, -0.05) is 19.1 Å². The van der Waals surface area contributed by atoms with Gasteiger partial charge >= 0.3 is 5.69 Å². The minimum atomic E-state index is -2.98. The summed E-state index contributed by atoms with van der Waals surface area (Å²) in [5, 5.41) is 14.4. The van der Waals surface area contributed by atoms with Gasteiger partial charge in [0.2, 0.25) is 5.69 Å². The second-order valence-corrected chi connectivity index (χ2v) is 5.51. The highest BCUT2D eigenvalue weighted by atomic mass is 19.3. The molecule has 3 rings (SSSR count). The Morgan fingerprint density at radius 1 is 1.33 bits per heavy atom. The van der Waals surface area contributed by atoms with E-state index in [1.54, 1.807) is 12.1 Å². The number of hydrogen-bond donors (Lipinski definition) is 0. The lowest BCUT2D eigenvalue weighted by Gasteiger charge is -2.09. The van der Waals surface area contributed by atoms with Crippen LogP contribution in [0.1, 0.15) is 37.4 Å². The number of alkyl halides is 2. The van der Waals surface area contributed by atoms with E-state index in [2.05, 4.69) is 12.0 Å². The quantitative estimate of drug-likeness (QED) is 0.636. The fourth-order valence-electron chi connectivity index (χ4n) is 2.30. The number of halogens is 2. The molecule has 0 atom stereocenters. The van der Waals surface area contributed by atoms with Crippen molar-refractivity contribution < 1.29 is 13.7 Å². The number of hydrogen-bond acceptors (Lipinski definition) is 3. The largest absolute Gasteiger partial charge is 0.316 e. The first-order valence-electron chi connectivity index (χ1n) is 6.54. The minimum Gasteiger partial charge on any atom is -0.258 e. The lowest BCUT2D eigenvalue weighted by Crippen LogP contribution is -2.01. The zero-order chi connectivity index (χ0) is 15.2. The van der Waals surface area contributed by atoms with Crippen LogP contribution in [-0.2, 0) is 5.41 Å². The van der Waals surface area contributed by atoms with Gasteiger partial charge in [0, 0.05) is 0 Å². The molecule has 1 aromatic carbocycles. The summed E-state index contributed by atoms with van der Waals surface area (Å²) in [5.74, 6) is 0. The molecule has 21 heavy (non-hydrogen) atoms. The van der Waals surface area contributed by atoms with Crippen molar-refractivity contribution in [1.82, 2.24) is 9.78 Å². The Bertz CT molecular complexity index is 691.